The summed E-state index contributed by atoms with van der Waals surface area (Å²) in [4.78, 5) is 35.2. The van der Waals surface area contributed by atoms with Crippen molar-refractivity contribution in [2.24, 2.45) is 0 Å². The maximum absolute atomic E-state index is 12.0. The summed E-state index contributed by atoms with van der Waals surface area (Å²) in [7, 11) is 0. The van der Waals surface area contributed by atoms with Crippen molar-refractivity contribution in [2.75, 3.05) is 6.61 Å². The van der Waals surface area contributed by atoms with Crippen molar-refractivity contribution < 1.29 is 14.3 Å². The summed E-state index contributed by atoms with van der Waals surface area (Å²) in [6, 6.07) is 1.87. The summed E-state index contributed by atoms with van der Waals surface area (Å²) in [5, 5.41) is 11.2. The van der Waals surface area contributed by atoms with Gasteiger partial charge in [-0.15, -0.1) is 11.3 Å². The summed E-state index contributed by atoms with van der Waals surface area (Å²) in [5.41, 5.74) is 0.739. The lowest BCUT2D eigenvalue weighted by molar-refractivity contribution is -0.122. The molecule has 21 heavy (non-hydrogen) atoms. The Morgan fingerprint density at radius 3 is 2.86 bits per heavy atom. The smallest absolute Gasteiger partial charge is 0.358 e. The van der Waals surface area contributed by atoms with Gasteiger partial charge in [-0.25, -0.2) is 14.8 Å². The van der Waals surface area contributed by atoms with Gasteiger partial charge in [-0.3, -0.25) is 9.78 Å². The predicted molar refractivity (Wildman–Crippen MR) is 72.5 cm³/mol. The van der Waals surface area contributed by atoms with Gasteiger partial charge in [0.2, 0.25) is 0 Å². The van der Waals surface area contributed by atoms with E-state index >= 15 is 0 Å². The fourth-order valence-corrected chi connectivity index (χ4v) is 2.33. The predicted octanol–water partition coefficient (Wildman–Crippen LogP) is 1.27. The van der Waals surface area contributed by atoms with E-state index in [4.69, 9.17) is 10.00 Å². The average molecular weight is 302 g/mol. The average Bonchev–Trinajstić information content (AvgIpc) is 2.92. The van der Waals surface area contributed by atoms with Gasteiger partial charge in [0, 0.05) is 23.5 Å². The number of hydrogen-bond acceptors (Lipinski definition) is 8. The number of ether oxygens (including phenoxy) is 1. The molecule has 0 radical (unpaired) electrons. The number of rotatable bonds is 5. The van der Waals surface area contributed by atoms with Crippen molar-refractivity contribution >= 4 is 23.1 Å². The lowest BCUT2D eigenvalue weighted by Gasteiger charge is -2.06. The Morgan fingerprint density at radius 2 is 2.29 bits per heavy atom. The van der Waals surface area contributed by atoms with Crippen LogP contribution in [0.2, 0.25) is 0 Å². The first-order chi connectivity index (χ1) is 10.1. The van der Waals surface area contributed by atoms with E-state index in [0.717, 1.165) is 5.69 Å². The molecule has 7 nitrogen and oxygen atoms in total. The topological polar surface area (TPSA) is 106 Å². The number of esters is 1. The van der Waals surface area contributed by atoms with Gasteiger partial charge in [0.15, 0.2) is 24.0 Å². The second-order valence-corrected chi connectivity index (χ2v) is 4.91. The van der Waals surface area contributed by atoms with Crippen LogP contribution >= 0.6 is 11.3 Å². The maximum Gasteiger partial charge on any atom is 0.358 e. The number of aryl methyl sites for hydroxylation is 1. The van der Waals surface area contributed by atoms with E-state index in [9.17, 15) is 9.59 Å². The molecule has 0 saturated carbocycles. The van der Waals surface area contributed by atoms with Gasteiger partial charge in [0.05, 0.1) is 12.3 Å². The fourth-order valence-electron chi connectivity index (χ4n) is 1.47. The quantitative estimate of drug-likeness (QED) is 0.766. The highest BCUT2D eigenvalue weighted by Crippen LogP contribution is 2.20. The first kappa shape index (κ1) is 14.7. The fraction of sp³-hybridized carbons (Fsp3) is 0.231. The van der Waals surface area contributed by atoms with E-state index in [1.54, 1.807) is 12.3 Å². The minimum absolute atomic E-state index is 0.00361. The molecule has 0 aliphatic heterocycles. The number of nitriles is 1. The van der Waals surface area contributed by atoms with Gasteiger partial charge < -0.3 is 4.74 Å². The summed E-state index contributed by atoms with van der Waals surface area (Å²) in [5.74, 6) is -2.31. The molecule has 0 unspecified atom stereocenters. The second kappa shape index (κ2) is 6.67. The highest BCUT2D eigenvalue weighted by atomic mass is 32.1. The van der Waals surface area contributed by atoms with Crippen LogP contribution in [0.25, 0.3) is 0 Å². The normalized spacial score (nSPS) is 11.4. The summed E-state index contributed by atoms with van der Waals surface area (Å²) in [6.07, 6.45) is 3.99. The largest absolute Gasteiger partial charge is 0.453 e. The highest BCUT2D eigenvalue weighted by Gasteiger charge is 2.24. The van der Waals surface area contributed by atoms with Crippen LogP contribution in [0, 0.1) is 18.3 Å². The Hall–Kier alpha value is -2.66. The molecule has 0 aliphatic rings. The number of Topliss-reactive ketones (excluding diaryl/α,β-unsaturated/α-hetero) is 1. The zero-order valence-electron chi connectivity index (χ0n) is 11.0. The molecule has 2 heterocycles. The molecule has 1 atom stereocenters. The van der Waals surface area contributed by atoms with E-state index in [1.165, 1.54) is 29.9 Å². The van der Waals surface area contributed by atoms with E-state index in [0.29, 0.717) is 5.01 Å². The van der Waals surface area contributed by atoms with Crippen LogP contribution in [0.15, 0.2) is 24.0 Å². The van der Waals surface area contributed by atoms with Gasteiger partial charge >= 0.3 is 5.97 Å². The maximum atomic E-state index is 12.0. The molecular weight excluding hydrogens is 292 g/mol. The zero-order chi connectivity index (χ0) is 15.2. The van der Waals surface area contributed by atoms with E-state index in [1.807, 2.05) is 6.07 Å². The number of nitrogens with zero attached hydrogens (tertiary/aromatic N) is 4. The summed E-state index contributed by atoms with van der Waals surface area (Å²) in [6.45, 7) is 1.26. The number of hydrogen-bond donors (Lipinski definition) is 0. The SMILES string of the molecule is Cc1csc([C@@H](C#N)C(=O)COC(=O)c2cnccn2)n1. The summed E-state index contributed by atoms with van der Waals surface area (Å²) >= 11 is 1.22. The Kier molecular flexibility index (Phi) is 4.68. The molecule has 8 heteroatoms. The number of thiazole rings is 1. The third-order valence-electron chi connectivity index (χ3n) is 2.45. The number of carbonyl (C=O) groups excluding carboxylic acids is 2. The monoisotopic (exact) mass is 302 g/mol. The van der Waals surface area contributed by atoms with Gasteiger partial charge in [-0.2, -0.15) is 5.26 Å². The third-order valence-corrected chi connectivity index (χ3v) is 3.48. The van der Waals surface area contributed by atoms with Gasteiger partial charge in [-0.1, -0.05) is 0 Å². The van der Waals surface area contributed by atoms with Crippen LogP contribution in [-0.2, 0) is 9.53 Å². The number of ketones is 1. The van der Waals surface area contributed by atoms with Gasteiger partial charge in [0.1, 0.15) is 5.01 Å². The first-order valence-corrected chi connectivity index (χ1v) is 6.77. The molecule has 2 aromatic rings. The highest BCUT2D eigenvalue weighted by molar-refractivity contribution is 7.09. The Morgan fingerprint density at radius 1 is 1.48 bits per heavy atom. The Balaban J connectivity index is 1.98. The van der Waals surface area contributed by atoms with Crippen LogP contribution in [0.5, 0.6) is 0 Å². The third kappa shape index (κ3) is 3.67. The zero-order valence-corrected chi connectivity index (χ0v) is 11.8. The molecule has 0 saturated heterocycles. The second-order valence-electron chi connectivity index (χ2n) is 4.02. The van der Waals surface area contributed by atoms with Crippen molar-refractivity contribution in [1.82, 2.24) is 15.0 Å². The van der Waals surface area contributed by atoms with Crippen LogP contribution in [0.4, 0.5) is 0 Å². The molecule has 0 fully saturated rings. The molecule has 0 bridgehead atoms. The van der Waals surface area contributed by atoms with Crippen LogP contribution in [0.3, 0.4) is 0 Å². The molecule has 106 valence electrons. The lowest BCUT2D eigenvalue weighted by atomic mass is 10.1. The van der Waals surface area contributed by atoms with E-state index < -0.39 is 24.3 Å². The number of carbonyl (C=O) groups is 2. The van der Waals surface area contributed by atoms with E-state index in [-0.39, 0.29) is 5.69 Å². The first-order valence-electron chi connectivity index (χ1n) is 5.89. The van der Waals surface area contributed by atoms with E-state index in [2.05, 4.69) is 15.0 Å². The van der Waals surface area contributed by atoms with Gasteiger partial charge in [-0.05, 0) is 6.92 Å². The van der Waals surface area contributed by atoms with Crippen molar-refractivity contribution in [3.8, 4) is 6.07 Å². The van der Waals surface area contributed by atoms with Crippen molar-refractivity contribution in [2.45, 2.75) is 12.8 Å². The Labute approximate surface area is 124 Å². The Bertz CT molecular complexity index is 693. The molecule has 0 amide bonds. The molecule has 0 N–H and O–H groups in total. The molecular formula is C13H10N4O3S. The molecule has 2 rings (SSSR count). The van der Waals surface area contributed by atoms with Crippen molar-refractivity contribution in [3.05, 3.63) is 40.4 Å². The molecule has 0 aliphatic carbocycles. The summed E-state index contributed by atoms with van der Waals surface area (Å²) < 4.78 is 4.84. The molecule has 0 aromatic carbocycles. The standard InChI is InChI=1S/C13H10N4O3S/c1-8-7-21-12(17-8)9(4-14)11(18)6-20-13(19)10-5-15-2-3-16-10/h2-3,5,7,9H,6H2,1H3/t9-/m0/s1. The molecule has 2 aromatic heterocycles. The number of aromatic nitrogens is 3. The van der Waals surface area contributed by atoms with Crippen LogP contribution in [0.1, 0.15) is 27.1 Å². The van der Waals surface area contributed by atoms with Gasteiger partial charge in [0.25, 0.3) is 0 Å². The minimum atomic E-state index is -1.03. The van der Waals surface area contributed by atoms with Crippen LogP contribution in [-0.4, -0.2) is 33.3 Å². The molecule has 0 spiro atoms. The minimum Gasteiger partial charge on any atom is -0.453 e. The van der Waals surface area contributed by atoms with Crippen LogP contribution < -0.4 is 0 Å². The lowest BCUT2D eigenvalue weighted by Crippen LogP contribution is -2.20. The van der Waals surface area contributed by atoms with Crippen molar-refractivity contribution in [1.29, 1.82) is 5.26 Å². The van der Waals surface area contributed by atoms with Crippen molar-refractivity contribution in [3.63, 3.8) is 0 Å².